The monoisotopic (exact) mass is 445 g/mol. The van der Waals surface area contributed by atoms with Gasteiger partial charge in [-0.25, -0.2) is 15.0 Å². The fourth-order valence-corrected chi connectivity index (χ4v) is 4.22. The SMILES string of the molecule is CCCc1cnc(N2CCC(Oc3ccn(-c4ccc5nc(C)oc5c4)c(=O)c3)CC2)nc1. The largest absolute Gasteiger partial charge is 0.490 e. The number of piperidine rings is 1. The molecule has 0 N–H and O–H groups in total. The van der Waals surface area contributed by atoms with E-state index >= 15 is 0 Å². The maximum Gasteiger partial charge on any atom is 0.258 e. The molecule has 1 aliphatic heterocycles. The molecular formula is C25H27N5O3. The third-order valence-corrected chi connectivity index (χ3v) is 5.91. The van der Waals surface area contributed by atoms with Gasteiger partial charge in [-0.3, -0.25) is 9.36 Å². The lowest BCUT2D eigenvalue weighted by atomic mass is 10.1. The molecule has 170 valence electrons. The van der Waals surface area contributed by atoms with Gasteiger partial charge in [0.15, 0.2) is 11.5 Å². The van der Waals surface area contributed by atoms with E-state index in [0.29, 0.717) is 17.2 Å². The first kappa shape index (κ1) is 21.2. The third kappa shape index (κ3) is 4.60. The van der Waals surface area contributed by atoms with Crippen molar-refractivity contribution in [1.82, 2.24) is 19.5 Å². The van der Waals surface area contributed by atoms with Crippen LogP contribution >= 0.6 is 0 Å². The molecule has 0 atom stereocenters. The number of hydrogen-bond donors (Lipinski definition) is 0. The minimum Gasteiger partial charge on any atom is -0.490 e. The standard InChI is InChI=1S/C25H27N5O3/c1-3-4-18-15-26-25(27-16-18)29-10-7-20(8-11-29)33-21-9-12-30(24(31)14-21)19-5-6-22-23(13-19)32-17(2)28-22/h5-6,9,12-16,20H,3-4,7-8,10-11H2,1-2H3. The molecule has 1 aromatic carbocycles. The molecular weight excluding hydrogens is 418 g/mol. The van der Waals surface area contributed by atoms with Crippen molar-refractivity contribution in [1.29, 1.82) is 0 Å². The number of ether oxygens (including phenoxy) is 1. The summed E-state index contributed by atoms with van der Waals surface area (Å²) in [6, 6.07) is 8.91. The summed E-state index contributed by atoms with van der Waals surface area (Å²) in [5, 5.41) is 0. The van der Waals surface area contributed by atoms with Gasteiger partial charge >= 0.3 is 0 Å². The first-order valence-corrected chi connectivity index (χ1v) is 11.4. The molecule has 0 aliphatic carbocycles. The number of aromatic nitrogens is 4. The van der Waals surface area contributed by atoms with Gasteiger partial charge in [0.25, 0.3) is 5.56 Å². The molecule has 3 aromatic heterocycles. The smallest absolute Gasteiger partial charge is 0.258 e. The Morgan fingerprint density at radius 3 is 2.64 bits per heavy atom. The highest BCUT2D eigenvalue weighted by molar-refractivity contribution is 5.75. The number of pyridine rings is 1. The summed E-state index contributed by atoms with van der Waals surface area (Å²) in [7, 11) is 0. The highest BCUT2D eigenvalue weighted by atomic mass is 16.5. The Morgan fingerprint density at radius 1 is 1.12 bits per heavy atom. The molecule has 1 saturated heterocycles. The Bertz CT molecular complexity index is 1300. The van der Waals surface area contributed by atoms with Crippen LogP contribution < -0.4 is 15.2 Å². The minimum absolute atomic E-state index is 0.0596. The number of rotatable bonds is 6. The number of anilines is 1. The van der Waals surface area contributed by atoms with Crippen LogP contribution in [0.4, 0.5) is 5.95 Å². The average Bonchev–Trinajstić information content (AvgIpc) is 3.20. The molecule has 33 heavy (non-hydrogen) atoms. The van der Waals surface area contributed by atoms with E-state index in [-0.39, 0.29) is 11.7 Å². The topological polar surface area (TPSA) is 86.3 Å². The van der Waals surface area contributed by atoms with Crippen LogP contribution in [-0.2, 0) is 6.42 Å². The normalized spacial score (nSPS) is 14.7. The van der Waals surface area contributed by atoms with Crippen molar-refractivity contribution in [3.05, 3.63) is 70.7 Å². The molecule has 0 radical (unpaired) electrons. The van der Waals surface area contributed by atoms with Crippen molar-refractivity contribution in [3.8, 4) is 11.4 Å². The highest BCUT2D eigenvalue weighted by Crippen LogP contribution is 2.22. The highest BCUT2D eigenvalue weighted by Gasteiger charge is 2.22. The molecule has 0 amide bonds. The zero-order valence-corrected chi connectivity index (χ0v) is 18.9. The lowest BCUT2D eigenvalue weighted by molar-refractivity contribution is 0.170. The van der Waals surface area contributed by atoms with Crippen LogP contribution in [0.1, 0.15) is 37.6 Å². The molecule has 8 heteroatoms. The van der Waals surface area contributed by atoms with E-state index in [9.17, 15) is 4.79 Å². The Morgan fingerprint density at radius 2 is 1.91 bits per heavy atom. The van der Waals surface area contributed by atoms with Crippen LogP contribution in [0, 0.1) is 6.92 Å². The zero-order valence-electron chi connectivity index (χ0n) is 18.9. The van der Waals surface area contributed by atoms with Crippen molar-refractivity contribution in [2.24, 2.45) is 0 Å². The Labute approximate surface area is 191 Å². The van der Waals surface area contributed by atoms with Crippen LogP contribution in [-0.4, -0.2) is 38.7 Å². The number of hydrogen-bond acceptors (Lipinski definition) is 7. The summed E-state index contributed by atoms with van der Waals surface area (Å²) in [5.41, 5.74) is 3.19. The fourth-order valence-electron chi connectivity index (χ4n) is 4.22. The zero-order chi connectivity index (χ0) is 22.8. The van der Waals surface area contributed by atoms with E-state index in [1.165, 1.54) is 11.6 Å². The molecule has 4 aromatic rings. The lowest BCUT2D eigenvalue weighted by Gasteiger charge is -2.32. The van der Waals surface area contributed by atoms with Crippen molar-refractivity contribution in [2.75, 3.05) is 18.0 Å². The van der Waals surface area contributed by atoms with E-state index in [2.05, 4.69) is 26.8 Å². The molecule has 5 rings (SSSR count). The first-order valence-electron chi connectivity index (χ1n) is 11.4. The van der Waals surface area contributed by atoms with E-state index in [1.807, 2.05) is 36.7 Å². The summed E-state index contributed by atoms with van der Waals surface area (Å²) in [5.74, 6) is 1.96. The molecule has 1 aliphatic rings. The van der Waals surface area contributed by atoms with E-state index in [1.54, 1.807) is 17.7 Å². The van der Waals surface area contributed by atoms with Crippen LogP contribution in [0.15, 0.2) is 58.1 Å². The van der Waals surface area contributed by atoms with Gasteiger partial charge < -0.3 is 14.1 Å². The summed E-state index contributed by atoms with van der Waals surface area (Å²) in [6.07, 6.45) is 9.44. The third-order valence-electron chi connectivity index (χ3n) is 5.91. The fraction of sp³-hybridized carbons (Fsp3) is 0.360. The van der Waals surface area contributed by atoms with Gasteiger partial charge in [-0.05, 0) is 30.2 Å². The summed E-state index contributed by atoms with van der Waals surface area (Å²) >= 11 is 0. The van der Waals surface area contributed by atoms with Gasteiger partial charge in [-0.1, -0.05) is 13.3 Å². The molecule has 1 fully saturated rings. The van der Waals surface area contributed by atoms with Crippen LogP contribution in [0.5, 0.6) is 5.75 Å². The molecule has 0 unspecified atom stereocenters. The number of aryl methyl sites for hydroxylation is 2. The maximum atomic E-state index is 12.7. The molecule has 8 nitrogen and oxygen atoms in total. The quantitative estimate of drug-likeness (QED) is 0.442. The molecule has 4 heterocycles. The second-order valence-corrected chi connectivity index (χ2v) is 8.40. The van der Waals surface area contributed by atoms with Gasteiger partial charge in [-0.15, -0.1) is 0 Å². The van der Waals surface area contributed by atoms with Crippen LogP contribution in [0.2, 0.25) is 0 Å². The van der Waals surface area contributed by atoms with Gasteiger partial charge in [0.2, 0.25) is 5.95 Å². The summed E-state index contributed by atoms with van der Waals surface area (Å²) in [4.78, 5) is 28.3. The average molecular weight is 446 g/mol. The van der Waals surface area contributed by atoms with Crippen molar-refractivity contribution >= 4 is 17.0 Å². The Balaban J connectivity index is 1.22. The molecule has 0 spiro atoms. The number of benzene rings is 1. The molecule has 0 saturated carbocycles. The predicted molar refractivity (Wildman–Crippen MR) is 126 cm³/mol. The van der Waals surface area contributed by atoms with Crippen molar-refractivity contribution in [2.45, 2.75) is 45.6 Å². The lowest BCUT2D eigenvalue weighted by Crippen LogP contribution is -2.39. The van der Waals surface area contributed by atoms with Crippen LogP contribution in [0.3, 0.4) is 0 Å². The van der Waals surface area contributed by atoms with Gasteiger partial charge in [0.1, 0.15) is 17.4 Å². The van der Waals surface area contributed by atoms with Gasteiger partial charge in [0.05, 0.1) is 5.69 Å². The minimum atomic E-state index is -0.152. The van der Waals surface area contributed by atoms with Crippen LogP contribution in [0.25, 0.3) is 16.8 Å². The van der Waals surface area contributed by atoms with E-state index in [0.717, 1.165) is 55.9 Å². The van der Waals surface area contributed by atoms with Gasteiger partial charge in [0, 0.05) is 63.6 Å². The number of nitrogens with zero attached hydrogens (tertiary/aromatic N) is 5. The second kappa shape index (κ2) is 9.05. The maximum absolute atomic E-state index is 12.7. The van der Waals surface area contributed by atoms with Crippen molar-refractivity contribution in [3.63, 3.8) is 0 Å². The number of oxazole rings is 1. The van der Waals surface area contributed by atoms with E-state index < -0.39 is 0 Å². The first-order chi connectivity index (χ1) is 16.1. The number of fused-ring (bicyclic) bond motifs is 1. The second-order valence-electron chi connectivity index (χ2n) is 8.40. The summed E-state index contributed by atoms with van der Waals surface area (Å²) in [6.45, 7) is 5.61. The van der Waals surface area contributed by atoms with Gasteiger partial charge in [-0.2, -0.15) is 0 Å². The Hall–Kier alpha value is -3.68. The van der Waals surface area contributed by atoms with E-state index in [4.69, 9.17) is 9.15 Å². The van der Waals surface area contributed by atoms with Crippen molar-refractivity contribution < 1.29 is 9.15 Å². The summed E-state index contributed by atoms with van der Waals surface area (Å²) < 4.78 is 13.3. The predicted octanol–water partition coefficient (Wildman–Crippen LogP) is 4.08. The Kier molecular flexibility index (Phi) is 5.81. The molecule has 0 bridgehead atoms.